The number of aromatic nitrogens is 2. The SMILES string of the molecule is NC(CO)CCn1cnc2ccccc21. The van der Waals surface area contributed by atoms with Crippen LogP contribution in [0.2, 0.25) is 0 Å². The Morgan fingerprint density at radius 3 is 3.00 bits per heavy atom. The van der Waals surface area contributed by atoms with Crippen LogP contribution in [-0.2, 0) is 6.54 Å². The number of aliphatic hydroxyl groups excluding tert-OH is 1. The van der Waals surface area contributed by atoms with Gasteiger partial charge >= 0.3 is 0 Å². The van der Waals surface area contributed by atoms with Crippen LogP contribution in [0.25, 0.3) is 11.0 Å². The van der Waals surface area contributed by atoms with E-state index in [9.17, 15) is 0 Å². The number of aryl methyl sites for hydroxylation is 1. The van der Waals surface area contributed by atoms with Crippen molar-refractivity contribution >= 4 is 11.0 Å². The molecule has 0 saturated heterocycles. The number of rotatable bonds is 4. The summed E-state index contributed by atoms with van der Waals surface area (Å²) in [5.74, 6) is 0. The van der Waals surface area contributed by atoms with E-state index >= 15 is 0 Å². The molecule has 3 N–H and O–H groups in total. The van der Waals surface area contributed by atoms with Gasteiger partial charge in [-0.15, -0.1) is 0 Å². The van der Waals surface area contributed by atoms with Gasteiger partial charge in [0.05, 0.1) is 24.0 Å². The van der Waals surface area contributed by atoms with Crippen LogP contribution < -0.4 is 5.73 Å². The topological polar surface area (TPSA) is 64.1 Å². The molecule has 4 heteroatoms. The van der Waals surface area contributed by atoms with Crippen molar-refractivity contribution in [1.29, 1.82) is 0 Å². The molecule has 1 aromatic heterocycles. The van der Waals surface area contributed by atoms with E-state index in [0.717, 1.165) is 24.0 Å². The van der Waals surface area contributed by atoms with E-state index in [0.29, 0.717) is 0 Å². The van der Waals surface area contributed by atoms with Gasteiger partial charge in [0.25, 0.3) is 0 Å². The van der Waals surface area contributed by atoms with Crippen LogP contribution >= 0.6 is 0 Å². The fourth-order valence-corrected chi connectivity index (χ4v) is 1.58. The first kappa shape index (κ1) is 10.1. The fraction of sp³-hybridized carbons (Fsp3) is 0.364. The zero-order chi connectivity index (χ0) is 10.7. The molecule has 1 atom stereocenters. The largest absolute Gasteiger partial charge is 0.395 e. The van der Waals surface area contributed by atoms with Crippen molar-refractivity contribution in [1.82, 2.24) is 9.55 Å². The molecule has 1 heterocycles. The zero-order valence-electron chi connectivity index (χ0n) is 8.50. The van der Waals surface area contributed by atoms with Gasteiger partial charge in [-0.25, -0.2) is 4.98 Å². The first-order valence-corrected chi connectivity index (χ1v) is 5.07. The maximum atomic E-state index is 8.83. The molecule has 0 amide bonds. The van der Waals surface area contributed by atoms with Crippen molar-refractivity contribution in [2.45, 2.75) is 19.0 Å². The van der Waals surface area contributed by atoms with Crippen molar-refractivity contribution in [3.63, 3.8) is 0 Å². The lowest BCUT2D eigenvalue weighted by atomic mass is 10.2. The van der Waals surface area contributed by atoms with Gasteiger partial charge in [-0.1, -0.05) is 12.1 Å². The van der Waals surface area contributed by atoms with Gasteiger partial charge in [-0.05, 0) is 18.6 Å². The molecule has 15 heavy (non-hydrogen) atoms. The summed E-state index contributed by atoms with van der Waals surface area (Å²) >= 11 is 0. The van der Waals surface area contributed by atoms with Crippen molar-refractivity contribution < 1.29 is 5.11 Å². The predicted octanol–water partition coefficient (Wildman–Crippen LogP) is 0.746. The minimum Gasteiger partial charge on any atom is -0.395 e. The lowest BCUT2D eigenvalue weighted by Gasteiger charge is -2.08. The third-order valence-electron chi connectivity index (χ3n) is 2.50. The Labute approximate surface area is 88.3 Å². The normalized spacial score (nSPS) is 13.2. The first-order valence-electron chi connectivity index (χ1n) is 5.07. The highest BCUT2D eigenvalue weighted by molar-refractivity contribution is 5.74. The highest BCUT2D eigenvalue weighted by Gasteiger charge is 2.04. The van der Waals surface area contributed by atoms with Crippen molar-refractivity contribution in [3.8, 4) is 0 Å². The molecule has 0 aliphatic carbocycles. The smallest absolute Gasteiger partial charge is 0.0958 e. The zero-order valence-corrected chi connectivity index (χ0v) is 8.50. The molecule has 0 spiro atoms. The van der Waals surface area contributed by atoms with Crippen LogP contribution in [0.5, 0.6) is 0 Å². The number of nitrogens with two attached hydrogens (primary N) is 1. The van der Waals surface area contributed by atoms with Gasteiger partial charge in [0.15, 0.2) is 0 Å². The summed E-state index contributed by atoms with van der Waals surface area (Å²) in [5, 5.41) is 8.83. The van der Waals surface area contributed by atoms with Crippen LogP contribution in [0.3, 0.4) is 0 Å². The molecular weight excluding hydrogens is 190 g/mol. The number of fused-ring (bicyclic) bond motifs is 1. The van der Waals surface area contributed by atoms with E-state index in [1.807, 2.05) is 30.6 Å². The number of para-hydroxylation sites is 2. The minimum atomic E-state index is -0.147. The Kier molecular flexibility index (Phi) is 2.99. The second-order valence-electron chi connectivity index (χ2n) is 3.66. The average Bonchev–Trinajstić information content (AvgIpc) is 2.69. The van der Waals surface area contributed by atoms with Gasteiger partial charge in [0, 0.05) is 12.6 Å². The summed E-state index contributed by atoms with van der Waals surface area (Å²) in [5.41, 5.74) is 7.76. The van der Waals surface area contributed by atoms with Gasteiger partial charge < -0.3 is 15.4 Å². The van der Waals surface area contributed by atoms with E-state index in [2.05, 4.69) is 9.55 Å². The number of nitrogens with zero attached hydrogens (tertiary/aromatic N) is 2. The number of hydrogen-bond donors (Lipinski definition) is 2. The second kappa shape index (κ2) is 4.42. The van der Waals surface area contributed by atoms with Crippen LogP contribution in [-0.4, -0.2) is 27.3 Å². The Morgan fingerprint density at radius 2 is 2.20 bits per heavy atom. The fourth-order valence-electron chi connectivity index (χ4n) is 1.58. The van der Waals surface area contributed by atoms with Gasteiger partial charge in [0.1, 0.15) is 0 Å². The highest BCUT2D eigenvalue weighted by Crippen LogP contribution is 2.12. The molecule has 0 saturated carbocycles. The maximum absolute atomic E-state index is 8.83. The summed E-state index contributed by atoms with van der Waals surface area (Å²) in [7, 11) is 0. The first-order chi connectivity index (χ1) is 7.31. The summed E-state index contributed by atoms with van der Waals surface area (Å²) < 4.78 is 2.06. The van der Waals surface area contributed by atoms with Gasteiger partial charge in [-0.2, -0.15) is 0 Å². The van der Waals surface area contributed by atoms with E-state index in [1.54, 1.807) is 0 Å². The number of imidazole rings is 1. The number of aliphatic hydroxyl groups is 1. The Bertz CT molecular complexity index is 438. The molecule has 0 radical (unpaired) electrons. The molecule has 0 fully saturated rings. The molecule has 2 aromatic rings. The Morgan fingerprint density at radius 1 is 1.40 bits per heavy atom. The van der Waals surface area contributed by atoms with E-state index in [1.165, 1.54) is 0 Å². The molecule has 0 bridgehead atoms. The molecular formula is C11H15N3O. The van der Waals surface area contributed by atoms with Crippen molar-refractivity contribution in [2.75, 3.05) is 6.61 Å². The summed E-state index contributed by atoms with van der Waals surface area (Å²) in [6.45, 7) is 0.828. The van der Waals surface area contributed by atoms with Crippen molar-refractivity contribution in [3.05, 3.63) is 30.6 Å². The summed E-state index contributed by atoms with van der Waals surface area (Å²) in [4.78, 5) is 4.28. The predicted molar refractivity (Wildman–Crippen MR) is 59.4 cm³/mol. The average molecular weight is 205 g/mol. The van der Waals surface area contributed by atoms with E-state index < -0.39 is 0 Å². The van der Waals surface area contributed by atoms with Crippen LogP contribution in [0.15, 0.2) is 30.6 Å². The monoisotopic (exact) mass is 205 g/mol. The van der Waals surface area contributed by atoms with Crippen molar-refractivity contribution in [2.24, 2.45) is 5.73 Å². The number of hydrogen-bond acceptors (Lipinski definition) is 3. The maximum Gasteiger partial charge on any atom is 0.0958 e. The minimum absolute atomic E-state index is 0.0344. The highest BCUT2D eigenvalue weighted by atomic mass is 16.3. The lowest BCUT2D eigenvalue weighted by molar-refractivity contribution is 0.256. The van der Waals surface area contributed by atoms with Crippen LogP contribution in [0.4, 0.5) is 0 Å². The van der Waals surface area contributed by atoms with E-state index in [-0.39, 0.29) is 12.6 Å². The molecule has 2 rings (SSSR count). The molecule has 80 valence electrons. The van der Waals surface area contributed by atoms with Gasteiger partial charge in [-0.3, -0.25) is 0 Å². The molecule has 0 aliphatic heterocycles. The molecule has 0 aliphatic rings. The summed E-state index contributed by atoms with van der Waals surface area (Å²) in [6, 6.07) is 7.84. The third-order valence-corrected chi connectivity index (χ3v) is 2.50. The van der Waals surface area contributed by atoms with E-state index in [4.69, 9.17) is 10.8 Å². The molecule has 1 unspecified atom stereocenters. The van der Waals surface area contributed by atoms with Crippen LogP contribution in [0.1, 0.15) is 6.42 Å². The standard InChI is InChI=1S/C11H15N3O/c12-9(7-15)5-6-14-8-13-10-3-1-2-4-11(10)14/h1-4,8-9,15H,5-7,12H2. The second-order valence-corrected chi connectivity index (χ2v) is 3.66. The Hall–Kier alpha value is -1.39. The molecule has 1 aromatic carbocycles. The van der Waals surface area contributed by atoms with Crippen LogP contribution in [0, 0.1) is 0 Å². The molecule has 4 nitrogen and oxygen atoms in total. The lowest BCUT2D eigenvalue weighted by Crippen LogP contribution is -2.25. The quantitative estimate of drug-likeness (QED) is 0.774. The third kappa shape index (κ3) is 2.16. The summed E-state index contributed by atoms with van der Waals surface area (Å²) in [6.07, 6.45) is 2.58. The number of benzene rings is 1. The Balaban J connectivity index is 2.14. The van der Waals surface area contributed by atoms with Gasteiger partial charge in [0.2, 0.25) is 0 Å².